The molecule has 2 aromatic carbocycles. The number of fused-ring (bicyclic) bond motifs is 1. The molecule has 2 nitrogen and oxygen atoms in total. The van der Waals surface area contributed by atoms with Crippen LogP contribution in [0.3, 0.4) is 0 Å². The molecule has 0 aliphatic heterocycles. The van der Waals surface area contributed by atoms with Crippen LogP contribution in [0.1, 0.15) is 18.4 Å². The van der Waals surface area contributed by atoms with Gasteiger partial charge < -0.3 is 5.73 Å². The molecule has 2 N–H and O–H groups in total. The third-order valence-corrected chi connectivity index (χ3v) is 2.91. The minimum Gasteiger partial charge on any atom is -0.383 e. The minimum atomic E-state index is 0.478. The van der Waals surface area contributed by atoms with Gasteiger partial charge in [0.2, 0.25) is 0 Å². The molecule has 2 aromatic rings. The van der Waals surface area contributed by atoms with E-state index in [2.05, 4.69) is 29.3 Å². The summed E-state index contributed by atoms with van der Waals surface area (Å²) in [7, 11) is 0. The van der Waals surface area contributed by atoms with Crippen LogP contribution in [0.2, 0.25) is 0 Å². The summed E-state index contributed by atoms with van der Waals surface area (Å²) in [4.78, 5) is 4.46. The van der Waals surface area contributed by atoms with Crippen LogP contribution in [0.15, 0.2) is 47.5 Å². The van der Waals surface area contributed by atoms with E-state index < -0.39 is 0 Å². The minimum absolute atomic E-state index is 0.478. The summed E-state index contributed by atoms with van der Waals surface area (Å²) < 4.78 is 0. The van der Waals surface area contributed by atoms with Crippen molar-refractivity contribution in [2.45, 2.75) is 18.9 Å². The fourth-order valence-corrected chi connectivity index (χ4v) is 1.82. The molecule has 1 saturated carbocycles. The zero-order valence-corrected chi connectivity index (χ0v) is 9.06. The van der Waals surface area contributed by atoms with E-state index in [0.29, 0.717) is 11.9 Å². The predicted molar refractivity (Wildman–Crippen MR) is 67.7 cm³/mol. The van der Waals surface area contributed by atoms with Gasteiger partial charge in [0.15, 0.2) is 0 Å². The van der Waals surface area contributed by atoms with Gasteiger partial charge >= 0.3 is 0 Å². The molecule has 0 unspecified atom stereocenters. The number of nitrogens with zero attached hydrogens (tertiary/aromatic N) is 1. The molecule has 0 saturated heterocycles. The van der Waals surface area contributed by atoms with Crippen LogP contribution in [0.4, 0.5) is 0 Å². The van der Waals surface area contributed by atoms with E-state index in [1.54, 1.807) is 0 Å². The second-order valence-corrected chi connectivity index (χ2v) is 4.31. The van der Waals surface area contributed by atoms with Crippen LogP contribution in [0, 0.1) is 0 Å². The molecule has 16 heavy (non-hydrogen) atoms. The summed E-state index contributed by atoms with van der Waals surface area (Å²) in [6.07, 6.45) is 2.38. The summed E-state index contributed by atoms with van der Waals surface area (Å²) in [5.41, 5.74) is 7.01. The molecule has 0 bridgehead atoms. The molecular formula is C14H14N2. The van der Waals surface area contributed by atoms with Crippen molar-refractivity contribution in [3.8, 4) is 0 Å². The van der Waals surface area contributed by atoms with E-state index >= 15 is 0 Å². The van der Waals surface area contributed by atoms with Gasteiger partial charge in [0.25, 0.3) is 0 Å². The molecule has 80 valence electrons. The van der Waals surface area contributed by atoms with Crippen molar-refractivity contribution in [3.05, 3.63) is 48.0 Å². The predicted octanol–water partition coefficient (Wildman–Crippen LogP) is 2.71. The Balaban J connectivity index is 2.03. The van der Waals surface area contributed by atoms with E-state index in [1.807, 2.05) is 18.2 Å². The van der Waals surface area contributed by atoms with Crippen LogP contribution in [-0.4, -0.2) is 11.9 Å². The maximum Gasteiger partial charge on any atom is 0.125 e. The lowest BCUT2D eigenvalue weighted by molar-refractivity contribution is 1.06. The van der Waals surface area contributed by atoms with Gasteiger partial charge in [-0.2, -0.15) is 0 Å². The highest BCUT2D eigenvalue weighted by Crippen LogP contribution is 2.24. The maximum atomic E-state index is 5.98. The summed E-state index contributed by atoms with van der Waals surface area (Å²) in [6.45, 7) is 0. The lowest BCUT2D eigenvalue weighted by Gasteiger charge is -2.03. The van der Waals surface area contributed by atoms with Crippen molar-refractivity contribution in [3.63, 3.8) is 0 Å². The van der Waals surface area contributed by atoms with E-state index in [9.17, 15) is 0 Å². The zero-order chi connectivity index (χ0) is 11.0. The lowest BCUT2D eigenvalue weighted by Crippen LogP contribution is -2.14. The number of rotatable bonds is 2. The fourth-order valence-electron chi connectivity index (χ4n) is 1.82. The van der Waals surface area contributed by atoms with Crippen LogP contribution < -0.4 is 5.73 Å². The van der Waals surface area contributed by atoms with Crippen LogP contribution in [0.25, 0.3) is 10.8 Å². The first-order chi connectivity index (χ1) is 7.83. The van der Waals surface area contributed by atoms with Crippen molar-refractivity contribution in [2.24, 2.45) is 10.7 Å². The van der Waals surface area contributed by atoms with Crippen molar-refractivity contribution >= 4 is 16.6 Å². The van der Waals surface area contributed by atoms with Crippen molar-refractivity contribution in [1.29, 1.82) is 0 Å². The van der Waals surface area contributed by atoms with E-state index in [1.165, 1.54) is 23.6 Å². The Morgan fingerprint density at radius 2 is 1.81 bits per heavy atom. The van der Waals surface area contributed by atoms with Gasteiger partial charge in [0, 0.05) is 5.56 Å². The maximum absolute atomic E-state index is 5.98. The highest BCUT2D eigenvalue weighted by Gasteiger charge is 2.20. The fraction of sp³-hybridized carbons (Fsp3) is 0.214. The largest absolute Gasteiger partial charge is 0.383 e. The Morgan fingerprint density at radius 1 is 1.06 bits per heavy atom. The number of benzene rings is 2. The SMILES string of the molecule is NC(=NC1CC1)c1ccc2ccccc2c1. The Labute approximate surface area is 94.8 Å². The van der Waals surface area contributed by atoms with Crippen LogP contribution in [0.5, 0.6) is 0 Å². The second-order valence-electron chi connectivity index (χ2n) is 4.31. The third kappa shape index (κ3) is 1.78. The Morgan fingerprint density at radius 3 is 2.56 bits per heavy atom. The van der Waals surface area contributed by atoms with Gasteiger partial charge in [0.1, 0.15) is 5.84 Å². The number of hydrogen-bond acceptors (Lipinski definition) is 1. The number of aliphatic imine (C=N–C) groups is 1. The summed E-state index contributed by atoms with van der Waals surface area (Å²) in [5.74, 6) is 0.674. The second kappa shape index (κ2) is 3.63. The standard InChI is InChI=1S/C14H14N2/c15-14(16-13-7-8-13)12-6-5-10-3-1-2-4-11(10)9-12/h1-6,9,13H,7-8H2,(H2,15,16). The smallest absolute Gasteiger partial charge is 0.125 e. The molecule has 1 fully saturated rings. The monoisotopic (exact) mass is 210 g/mol. The molecule has 2 heteroatoms. The first-order valence-electron chi connectivity index (χ1n) is 5.65. The van der Waals surface area contributed by atoms with Gasteiger partial charge in [-0.25, -0.2) is 0 Å². The molecule has 0 spiro atoms. The first kappa shape index (κ1) is 9.40. The van der Waals surface area contributed by atoms with Gasteiger partial charge in [-0.1, -0.05) is 36.4 Å². The van der Waals surface area contributed by atoms with Crippen molar-refractivity contribution in [2.75, 3.05) is 0 Å². The van der Waals surface area contributed by atoms with E-state index in [-0.39, 0.29) is 0 Å². The van der Waals surface area contributed by atoms with Gasteiger partial charge in [-0.3, -0.25) is 4.99 Å². The van der Waals surface area contributed by atoms with Gasteiger partial charge in [0.05, 0.1) is 6.04 Å². The topological polar surface area (TPSA) is 38.4 Å². The molecule has 0 aromatic heterocycles. The van der Waals surface area contributed by atoms with Gasteiger partial charge in [-0.05, 0) is 29.7 Å². The van der Waals surface area contributed by atoms with Crippen molar-refractivity contribution < 1.29 is 0 Å². The number of amidine groups is 1. The number of nitrogens with two attached hydrogens (primary N) is 1. The normalized spacial score (nSPS) is 16.6. The Kier molecular flexibility index (Phi) is 2.13. The molecule has 0 atom stereocenters. The highest BCUT2D eigenvalue weighted by atomic mass is 14.9. The molecule has 1 aliphatic rings. The van der Waals surface area contributed by atoms with Gasteiger partial charge in [-0.15, -0.1) is 0 Å². The number of hydrogen-bond donors (Lipinski definition) is 1. The molecule has 0 radical (unpaired) electrons. The third-order valence-electron chi connectivity index (χ3n) is 2.91. The highest BCUT2D eigenvalue weighted by molar-refractivity contribution is 6.01. The van der Waals surface area contributed by atoms with E-state index in [0.717, 1.165) is 5.56 Å². The van der Waals surface area contributed by atoms with Crippen molar-refractivity contribution in [1.82, 2.24) is 0 Å². The summed E-state index contributed by atoms with van der Waals surface area (Å²) in [6, 6.07) is 15.0. The Hall–Kier alpha value is -1.83. The summed E-state index contributed by atoms with van der Waals surface area (Å²) in [5, 5.41) is 2.46. The molecule has 0 amide bonds. The van der Waals surface area contributed by atoms with Crippen LogP contribution >= 0.6 is 0 Å². The Bertz CT molecular complexity index is 553. The first-order valence-corrected chi connectivity index (χ1v) is 5.65. The molecule has 0 heterocycles. The van der Waals surface area contributed by atoms with Crippen LogP contribution in [-0.2, 0) is 0 Å². The molecule has 1 aliphatic carbocycles. The molecular weight excluding hydrogens is 196 g/mol. The molecule has 3 rings (SSSR count). The summed E-state index contributed by atoms with van der Waals surface area (Å²) >= 11 is 0. The lowest BCUT2D eigenvalue weighted by atomic mass is 10.1. The quantitative estimate of drug-likeness (QED) is 0.600. The zero-order valence-electron chi connectivity index (χ0n) is 9.06. The average Bonchev–Trinajstić information content (AvgIpc) is 3.12. The van der Waals surface area contributed by atoms with E-state index in [4.69, 9.17) is 5.73 Å². The average molecular weight is 210 g/mol.